The van der Waals surface area contributed by atoms with Gasteiger partial charge in [0.05, 0.1) is 0 Å². The van der Waals surface area contributed by atoms with E-state index in [0.29, 0.717) is 6.42 Å². The Bertz CT molecular complexity index is 98.3. The van der Waals surface area contributed by atoms with E-state index in [2.05, 4.69) is 0 Å². The molecule has 1 unspecified atom stereocenters. The number of rotatable bonds is 0. The number of hydrogen-bond donors (Lipinski definition) is 0. The van der Waals surface area contributed by atoms with Gasteiger partial charge in [0.15, 0.2) is 5.50 Å². The van der Waals surface area contributed by atoms with Crippen LogP contribution in [0.15, 0.2) is 11.0 Å². The molecule has 1 atom stereocenters. The molecule has 0 spiro atoms. The Hall–Kier alpha value is 0.0200. The molecule has 7 heavy (non-hydrogen) atoms. The average molecular weight is 118 g/mol. The summed E-state index contributed by atoms with van der Waals surface area (Å²) in [4.78, 5) is 1.12. The lowest BCUT2D eigenvalue weighted by Gasteiger charge is -1.90. The van der Waals surface area contributed by atoms with E-state index in [4.69, 9.17) is 0 Å². The first-order valence-corrected chi connectivity index (χ1v) is 3.14. The Morgan fingerprint density at radius 3 is 2.86 bits per heavy atom. The first-order chi connectivity index (χ1) is 3.29. The highest BCUT2D eigenvalue weighted by molar-refractivity contribution is 8.03. The summed E-state index contributed by atoms with van der Waals surface area (Å²) in [6.07, 6.45) is 2.53. The largest absolute Gasteiger partial charge is 0.235 e. The van der Waals surface area contributed by atoms with Gasteiger partial charge in [-0.3, -0.25) is 0 Å². The zero-order valence-corrected chi connectivity index (χ0v) is 4.96. The van der Waals surface area contributed by atoms with E-state index in [-0.39, 0.29) is 0 Å². The van der Waals surface area contributed by atoms with Crippen LogP contribution in [-0.2, 0) is 0 Å². The van der Waals surface area contributed by atoms with E-state index in [9.17, 15) is 4.39 Å². The first kappa shape index (κ1) is 5.16. The SMILES string of the molecule is CC1=CCC(F)S1. The fourth-order valence-electron chi connectivity index (χ4n) is 0.557. The summed E-state index contributed by atoms with van der Waals surface area (Å²) >= 11 is 1.31. The van der Waals surface area contributed by atoms with Gasteiger partial charge in [-0.2, -0.15) is 0 Å². The highest BCUT2D eigenvalue weighted by Gasteiger charge is 2.11. The first-order valence-electron chi connectivity index (χ1n) is 2.26. The van der Waals surface area contributed by atoms with Crippen LogP contribution in [0.4, 0.5) is 4.39 Å². The number of alkyl halides is 1. The molecule has 0 bridgehead atoms. The zero-order valence-electron chi connectivity index (χ0n) is 4.15. The molecule has 1 aliphatic heterocycles. The summed E-state index contributed by atoms with van der Waals surface area (Å²) in [6.45, 7) is 1.93. The molecule has 0 fully saturated rings. The average Bonchev–Trinajstić information content (AvgIpc) is 1.87. The molecule has 0 saturated heterocycles. The Morgan fingerprint density at radius 1 is 2.00 bits per heavy atom. The summed E-state index contributed by atoms with van der Waals surface area (Å²) in [5, 5.41) is 0. The number of hydrogen-bond acceptors (Lipinski definition) is 1. The topological polar surface area (TPSA) is 0 Å². The smallest absolute Gasteiger partial charge is 0.153 e. The van der Waals surface area contributed by atoms with E-state index in [1.54, 1.807) is 0 Å². The molecule has 0 aromatic carbocycles. The molecule has 0 nitrogen and oxygen atoms in total. The van der Waals surface area contributed by atoms with Crippen LogP contribution in [0.5, 0.6) is 0 Å². The van der Waals surface area contributed by atoms with Gasteiger partial charge in [0.2, 0.25) is 0 Å². The highest BCUT2D eigenvalue weighted by Crippen LogP contribution is 2.31. The van der Waals surface area contributed by atoms with Gasteiger partial charge in [-0.05, 0) is 11.8 Å². The van der Waals surface area contributed by atoms with Gasteiger partial charge in [-0.25, -0.2) is 4.39 Å². The lowest BCUT2D eigenvalue weighted by molar-refractivity contribution is 0.462. The Morgan fingerprint density at radius 2 is 2.71 bits per heavy atom. The molecule has 0 aromatic heterocycles. The number of thioether (sulfide) groups is 1. The third-order valence-electron chi connectivity index (χ3n) is 0.904. The maximum Gasteiger partial charge on any atom is 0.153 e. The predicted molar refractivity (Wildman–Crippen MR) is 30.9 cm³/mol. The fourth-order valence-corrected chi connectivity index (χ4v) is 1.34. The Kier molecular flexibility index (Phi) is 1.38. The van der Waals surface area contributed by atoms with Crippen molar-refractivity contribution in [3.05, 3.63) is 11.0 Å². The molecule has 0 aliphatic carbocycles. The molecule has 0 amide bonds. The summed E-state index contributed by atoms with van der Waals surface area (Å²) in [5.41, 5.74) is -0.653. The molecule has 1 rings (SSSR count). The highest BCUT2D eigenvalue weighted by atomic mass is 32.2. The molecular formula is C5H7FS. The lowest BCUT2D eigenvalue weighted by Crippen LogP contribution is -1.80. The van der Waals surface area contributed by atoms with Gasteiger partial charge in [-0.15, -0.1) is 0 Å². The molecule has 1 heterocycles. The van der Waals surface area contributed by atoms with E-state index in [1.165, 1.54) is 11.8 Å². The van der Waals surface area contributed by atoms with Crippen LogP contribution in [-0.4, -0.2) is 5.50 Å². The van der Waals surface area contributed by atoms with Crippen LogP contribution in [0.2, 0.25) is 0 Å². The monoisotopic (exact) mass is 118 g/mol. The van der Waals surface area contributed by atoms with Crippen molar-refractivity contribution in [2.45, 2.75) is 18.8 Å². The third kappa shape index (κ3) is 1.20. The second-order valence-corrected chi connectivity index (χ2v) is 2.97. The van der Waals surface area contributed by atoms with Crippen LogP contribution >= 0.6 is 11.8 Å². The molecule has 2 heteroatoms. The van der Waals surface area contributed by atoms with Gasteiger partial charge in [0.25, 0.3) is 0 Å². The lowest BCUT2D eigenvalue weighted by atomic mass is 10.4. The zero-order chi connectivity index (χ0) is 5.28. The van der Waals surface area contributed by atoms with Crippen molar-refractivity contribution in [1.82, 2.24) is 0 Å². The molecular weight excluding hydrogens is 111 g/mol. The maximum absolute atomic E-state index is 12.1. The van der Waals surface area contributed by atoms with Crippen molar-refractivity contribution >= 4 is 11.8 Å². The molecule has 0 aromatic rings. The van der Waals surface area contributed by atoms with Crippen molar-refractivity contribution in [2.24, 2.45) is 0 Å². The van der Waals surface area contributed by atoms with Crippen LogP contribution < -0.4 is 0 Å². The second-order valence-electron chi connectivity index (χ2n) is 1.58. The van der Waals surface area contributed by atoms with Gasteiger partial charge >= 0.3 is 0 Å². The Labute approximate surface area is 46.8 Å². The predicted octanol–water partition coefficient (Wildman–Crippen LogP) is 2.32. The summed E-state index contributed by atoms with van der Waals surface area (Å²) in [6, 6.07) is 0. The van der Waals surface area contributed by atoms with Crippen molar-refractivity contribution in [3.63, 3.8) is 0 Å². The molecule has 0 saturated carbocycles. The molecule has 0 radical (unpaired) electrons. The summed E-state index contributed by atoms with van der Waals surface area (Å²) in [7, 11) is 0. The minimum atomic E-state index is -0.653. The summed E-state index contributed by atoms with van der Waals surface area (Å²) < 4.78 is 12.1. The van der Waals surface area contributed by atoms with Crippen molar-refractivity contribution in [3.8, 4) is 0 Å². The minimum absolute atomic E-state index is 0.608. The van der Waals surface area contributed by atoms with E-state index >= 15 is 0 Å². The van der Waals surface area contributed by atoms with Crippen LogP contribution in [0.1, 0.15) is 13.3 Å². The molecule has 40 valence electrons. The normalized spacial score (nSPS) is 30.6. The quantitative estimate of drug-likeness (QED) is 0.470. The van der Waals surface area contributed by atoms with Crippen LogP contribution in [0, 0.1) is 0 Å². The van der Waals surface area contributed by atoms with Crippen molar-refractivity contribution in [2.75, 3.05) is 0 Å². The van der Waals surface area contributed by atoms with Gasteiger partial charge in [0, 0.05) is 6.42 Å². The van der Waals surface area contributed by atoms with E-state index < -0.39 is 5.50 Å². The maximum atomic E-state index is 12.1. The van der Waals surface area contributed by atoms with E-state index in [1.807, 2.05) is 13.0 Å². The summed E-state index contributed by atoms with van der Waals surface area (Å²) in [5.74, 6) is 0. The van der Waals surface area contributed by atoms with Crippen LogP contribution in [0.25, 0.3) is 0 Å². The van der Waals surface area contributed by atoms with Gasteiger partial charge in [0.1, 0.15) is 0 Å². The number of allylic oxidation sites excluding steroid dienone is 2. The van der Waals surface area contributed by atoms with Gasteiger partial charge < -0.3 is 0 Å². The minimum Gasteiger partial charge on any atom is -0.235 e. The third-order valence-corrected chi connectivity index (χ3v) is 1.89. The van der Waals surface area contributed by atoms with E-state index in [0.717, 1.165) is 4.91 Å². The second kappa shape index (κ2) is 1.86. The van der Waals surface area contributed by atoms with Crippen LogP contribution in [0.3, 0.4) is 0 Å². The van der Waals surface area contributed by atoms with Gasteiger partial charge in [-0.1, -0.05) is 17.8 Å². The molecule has 1 aliphatic rings. The molecule has 0 N–H and O–H groups in total. The Balaban J connectivity index is 2.42. The van der Waals surface area contributed by atoms with Crippen molar-refractivity contribution < 1.29 is 4.39 Å². The number of halogens is 1. The fraction of sp³-hybridized carbons (Fsp3) is 0.600. The standard InChI is InChI=1S/C5H7FS/c1-4-2-3-5(6)7-4/h2,5H,3H2,1H3. The van der Waals surface area contributed by atoms with Crippen molar-refractivity contribution in [1.29, 1.82) is 0 Å².